The van der Waals surface area contributed by atoms with Crippen molar-refractivity contribution in [3.8, 4) is 11.5 Å². The first-order valence-corrected chi connectivity index (χ1v) is 7.48. The molecule has 2 atom stereocenters. The molecule has 0 spiro atoms. The zero-order valence-electron chi connectivity index (χ0n) is 11.9. The Kier molecular flexibility index (Phi) is 4.24. The molecule has 3 rings (SSSR count). The molecule has 2 heterocycles. The number of nitrogens with zero attached hydrogens (tertiary/aromatic N) is 3. The molecule has 0 bridgehead atoms. The number of aliphatic hydroxyl groups is 1. The highest BCUT2D eigenvalue weighted by Gasteiger charge is 2.31. The average Bonchev–Trinajstić information content (AvgIpc) is 3.07. The lowest BCUT2D eigenvalue weighted by Gasteiger charge is -2.23. The maximum absolute atomic E-state index is 9.47. The quantitative estimate of drug-likeness (QED) is 0.940. The third-order valence-corrected chi connectivity index (χ3v) is 4.33. The number of likely N-dealkylation sites (tertiary alicyclic amines) is 1. The van der Waals surface area contributed by atoms with Gasteiger partial charge in [-0.15, -0.1) is 10.2 Å². The van der Waals surface area contributed by atoms with Gasteiger partial charge in [0.25, 0.3) is 0 Å². The van der Waals surface area contributed by atoms with Crippen LogP contribution in [0.4, 0.5) is 0 Å². The predicted octanol–water partition coefficient (Wildman–Crippen LogP) is 2.59. The van der Waals surface area contributed by atoms with E-state index in [4.69, 9.17) is 16.0 Å². The molecular weight excluding hydrogens is 290 g/mol. The minimum absolute atomic E-state index is 0.166. The fourth-order valence-corrected chi connectivity index (χ4v) is 2.91. The number of aromatic nitrogens is 2. The van der Waals surface area contributed by atoms with Gasteiger partial charge in [-0.05, 0) is 43.1 Å². The highest BCUT2D eigenvalue weighted by molar-refractivity contribution is 6.30. The smallest absolute Gasteiger partial charge is 0.247 e. The Bertz CT molecular complexity index is 599. The fourth-order valence-electron chi connectivity index (χ4n) is 2.78. The highest BCUT2D eigenvalue weighted by atomic mass is 35.5. The molecule has 5 nitrogen and oxygen atoms in total. The summed E-state index contributed by atoms with van der Waals surface area (Å²) < 4.78 is 5.71. The molecule has 0 amide bonds. The van der Waals surface area contributed by atoms with E-state index < -0.39 is 0 Å². The van der Waals surface area contributed by atoms with Crippen LogP contribution < -0.4 is 0 Å². The van der Waals surface area contributed by atoms with Crippen LogP contribution in [0.25, 0.3) is 11.5 Å². The van der Waals surface area contributed by atoms with Crippen LogP contribution in [0.5, 0.6) is 0 Å². The lowest BCUT2D eigenvalue weighted by molar-refractivity contribution is 0.126. The van der Waals surface area contributed by atoms with Crippen molar-refractivity contribution in [3.63, 3.8) is 0 Å². The molecule has 1 aliphatic rings. The monoisotopic (exact) mass is 307 g/mol. The van der Waals surface area contributed by atoms with Crippen molar-refractivity contribution in [3.05, 3.63) is 35.2 Å². The number of hydrogen-bond donors (Lipinski definition) is 1. The third kappa shape index (κ3) is 3.10. The number of halogens is 1. The molecule has 6 heteroatoms. The molecule has 1 aromatic heterocycles. The van der Waals surface area contributed by atoms with Crippen LogP contribution in [0.2, 0.25) is 5.02 Å². The minimum atomic E-state index is 0.166. The van der Waals surface area contributed by atoms with Gasteiger partial charge >= 0.3 is 0 Å². The van der Waals surface area contributed by atoms with Gasteiger partial charge in [-0.1, -0.05) is 18.5 Å². The number of aliphatic hydroxyl groups excluding tert-OH is 1. The molecule has 2 aromatic rings. The van der Waals surface area contributed by atoms with Crippen molar-refractivity contribution >= 4 is 11.6 Å². The molecule has 1 fully saturated rings. The standard InChI is InChI=1S/C15H18ClN3O2/c1-10-6-7-19(13(10)9-20)8-14-17-18-15(21-14)11-2-4-12(16)5-3-11/h2-5,10,13,20H,6-9H2,1H3. The van der Waals surface area contributed by atoms with E-state index in [1.54, 1.807) is 12.1 Å². The zero-order valence-corrected chi connectivity index (χ0v) is 12.6. The van der Waals surface area contributed by atoms with E-state index in [1.165, 1.54) is 0 Å². The molecule has 0 aliphatic carbocycles. The molecular formula is C15H18ClN3O2. The normalized spacial score (nSPS) is 22.8. The Morgan fingerprint density at radius 1 is 1.33 bits per heavy atom. The summed E-state index contributed by atoms with van der Waals surface area (Å²) in [5.41, 5.74) is 0.853. The summed E-state index contributed by atoms with van der Waals surface area (Å²) in [5, 5.41) is 18.3. The number of benzene rings is 1. The second-order valence-electron chi connectivity index (χ2n) is 5.49. The van der Waals surface area contributed by atoms with Crippen molar-refractivity contribution in [2.75, 3.05) is 13.2 Å². The SMILES string of the molecule is CC1CCN(Cc2nnc(-c3ccc(Cl)cc3)o2)C1CO. The fraction of sp³-hybridized carbons (Fsp3) is 0.467. The Hall–Kier alpha value is -1.43. The average molecular weight is 308 g/mol. The van der Waals surface area contributed by atoms with Gasteiger partial charge in [0.15, 0.2) is 0 Å². The minimum Gasteiger partial charge on any atom is -0.419 e. The summed E-state index contributed by atoms with van der Waals surface area (Å²) in [6.45, 7) is 3.86. The molecule has 1 aliphatic heterocycles. The van der Waals surface area contributed by atoms with Crippen LogP contribution in [-0.2, 0) is 6.54 Å². The summed E-state index contributed by atoms with van der Waals surface area (Å²) in [6, 6.07) is 7.48. The van der Waals surface area contributed by atoms with Crippen LogP contribution in [0.3, 0.4) is 0 Å². The van der Waals surface area contributed by atoms with Gasteiger partial charge in [0.2, 0.25) is 11.8 Å². The van der Waals surface area contributed by atoms with Crippen LogP contribution in [0, 0.1) is 5.92 Å². The molecule has 1 saturated heterocycles. The lowest BCUT2D eigenvalue weighted by atomic mass is 10.0. The Morgan fingerprint density at radius 2 is 2.10 bits per heavy atom. The Morgan fingerprint density at radius 3 is 2.81 bits per heavy atom. The second kappa shape index (κ2) is 6.13. The molecule has 0 saturated carbocycles. The van der Waals surface area contributed by atoms with Crippen molar-refractivity contribution in [1.29, 1.82) is 0 Å². The van der Waals surface area contributed by atoms with Gasteiger partial charge in [-0.25, -0.2) is 0 Å². The summed E-state index contributed by atoms with van der Waals surface area (Å²) in [5.74, 6) is 1.57. The van der Waals surface area contributed by atoms with Gasteiger partial charge < -0.3 is 9.52 Å². The third-order valence-electron chi connectivity index (χ3n) is 4.08. The summed E-state index contributed by atoms with van der Waals surface area (Å²) >= 11 is 5.87. The van der Waals surface area contributed by atoms with Crippen molar-refractivity contribution in [2.24, 2.45) is 5.92 Å². The lowest BCUT2D eigenvalue weighted by Crippen LogP contribution is -2.34. The van der Waals surface area contributed by atoms with Crippen LogP contribution >= 0.6 is 11.6 Å². The Labute approximate surface area is 128 Å². The van der Waals surface area contributed by atoms with E-state index in [0.717, 1.165) is 18.5 Å². The molecule has 1 N–H and O–H groups in total. The maximum atomic E-state index is 9.47. The maximum Gasteiger partial charge on any atom is 0.247 e. The molecule has 1 aromatic carbocycles. The van der Waals surface area contributed by atoms with Crippen molar-refractivity contribution in [2.45, 2.75) is 25.9 Å². The first-order chi connectivity index (χ1) is 10.2. The second-order valence-corrected chi connectivity index (χ2v) is 5.93. The molecule has 0 radical (unpaired) electrons. The molecule has 112 valence electrons. The summed E-state index contributed by atoms with van der Waals surface area (Å²) in [7, 11) is 0. The topological polar surface area (TPSA) is 62.4 Å². The van der Waals surface area contributed by atoms with Gasteiger partial charge in [0.1, 0.15) is 0 Å². The first kappa shape index (κ1) is 14.5. The summed E-state index contributed by atoms with van der Waals surface area (Å²) in [6.07, 6.45) is 1.09. The zero-order chi connectivity index (χ0) is 14.8. The van der Waals surface area contributed by atoms with E-state index in [1.807, 2.05) is 12.1 Å². The van der Waals surface area contributed by atoms with Crippen molar-refractivity contribution in [1.82, 2.24) is 15.1 Å². The summed E-state index contributed by atoms with van der Waals surface area (Å²) in [4.78, 5) is 2.20. The Balaban J connectivity index is 1.72. The van der Waals surface area contributed by atoms with E-state index in [-0.39, 0.29) is 12.6 Å². The highest BCUT2D eigenvalue weighted by Crippen LogP contribution is 2.26. The van der Waals surface area contributed by atoms with Crippen molar-refractivity contribution < 1.29 is 9.52 Å². The molecule has 2 unspecified atom stereocenters. The van der Waals surface area contributed by atoms with Gasteiger partial charge in [0.05, 0.1) is 13.2 Å². The van der Waals surface area contributed by atoms with E-state index in [0.29, 0.717) is 29.3 Å². The van der Waals surface area contributed by atoms with Crippen LogP contribution in [-0.4, -0.2) is 39.4 Å². The predicted molar refractivity (Wildman–Crippen MR) is 79.8 cm³/mol. The van der Waals surface area contributed by atoms with Crippen LogP contribution in [0.1, 0.15) is 19.2 Å². The molecule has 21 heavy (non-hydrogen) atoms. The van der Waals surface area contributed by atoms with E-state index in [2.05, 4.69) is 22.0 Å². The largest absolute Gasteiger partial charge is 0.419 e. The van der Waals surface area contributed by atoms with E-state index >= 15 is 0 Å². The first-order valence-electron chi connectivity index (χ1n) is 7.10. The van der Waals surface area contributed by atoms with Gasteiger partial charge in [0, 0.05) is 16.6 Å². The van der Waals surface area contributed by atoms with Crippen LogP contribution in [0.15, 0.2) is 28.7 Å². The number of rotatable bonds is 4. The number of hydrogen-bond acceptors (Lipinski definition) is 5. The van der Waals surface area contributed by atoms with Gasteiger partial charge in [-0.3, -0.25) is 4.90 Å². The van der Waals surface area contributed by atoms with Gasteiger partial charge in [-0.2, -0.15) is 0 Å². The van der Waals surface area contributed by atoms with E-state index in [9.17, 15) is 5.11 Å².